The first kappa shape index (κ1) is 12.1. The van der Waals surface area contributed by atoms with E-state index in [1.54, 1.807) is 18.2 Å². The molecule has 4 heteroatoms. The lowest BCUT2D eigenvalue weighted by Crippen LogP contribution is -2.61. The second kappa shape index (κ2) is 3.70. The number of ketones is 2. The third-order valence-electron chi connectivity index (χ3n) is 5.14. The average molecular weight is 272 g/mol. The predicted molar refractivity (Wildman–Crippen MR) is 71.1 cm³/mol. The SMILES string of the molecule is COc1cccc2c1C(=O)[C@@H]1C[C@H]3O[C@H](C)CC31C2=O. The van der Waals surface area contributed by atoms with Crippen molar-refractivity contribution in [3.63, 3.8) is 0 Å². The van der Waals surface area contributed by atoms with Crippen molar-refractivity contribution in [2.75, 3.05) is 7.11 Å². The Morgan fingerprint density at radius 1 is 1.35 bits per heavy atom. The summed E-state index contributed by atoms with van der Waals surface area (Å²) in [5.74, 6) is 0.391. The molecule has 1 saturated heterocycles. The fourth-order valence-corrected chi connectivity index (χ4v) is 4.26. The van der Waals surface area contributed by atoms with Crippen molar-refractivity contribution in [3.8, 4) is 5.75 Å². The van der Waals surface area contributed by atoms with Crippen molar-refractivity contribution in [1.29, 1.82) is 0 Å². The van der Waals surface area contributed by atoms with Crippen molar-refractivity contribution < 1.29 is 19.1 Å². The zero-order valence-corrected chi connectivity index (χ0v) is 11.5. The molecule has 20 heavy (non-hydrogen) atoms. The van der Waals surface area contributed by atoms with Gasteiger partial charge < -0.3 is 9.47 Å². The highest BCUT2D eigenvalue weighted by molar-refractivity contribution is 6.20. The van der Waals surface area contributed by atoms with Gasteiger partial charge in [0.05, 0.1) is 30.3 Å². The molecule has 0 radical (unpaired) electrons. The van der Waals surface area contributed by atoms with Crippen LogP contribution in [0.25, 0.3) is 0 Å². The fraction of sp³-hybridized carbons (Fsp3) is 0.500. The van der Waals surface area contributed by atoms with Gasteiger partial charge in [-0.3, -0.25) is 9.59 Å². The number of hydrogen-bond donors (Lipinski definition) is 0. The monoisotopic (exact) mass is 272 g/mol. The Morgan fingerprint density at radius 2 is 2.15 bits per heavy atom. The van der Waals surface area contributed by atoms with Gasteiger partial charge in [-0.1, -0.05) is 12.1 Å². The van der Waals surface area contributed by atoms with Crippen molar-refractivity contribution in [2.24, 2.45) is 11.3 Å². The van der Waals surface area contributed by atoms with Crippen molar-refractivity contribution in [1.82, 2.24) is 0 Å². The quantitative estimate of drug-likeness (QED) is 0.787. The van der Waals surface area contributed by atoms with Gasteiger partial charge in [0.1, 0.15) is 5.75 Å². The number of carbonyl (C=O) groups excluding carboxylic acids is 2. The molecule has 1 heterocycles. The van der Waals surface area contributed by atoms with E-state index in [1.807, 2.05) is 6.92 Å². The highest BCUT2D eigenvalue weighted by atomic mass is 16.5. The van der Waals surface area contributed by atoms with Crippen LogP contribution in [0.2, 0.25) is 0 Å². The summed E-state index contributed by atoms with van der Waals surface area (Å²) in [6.45, 7) is 1.98. The van der Waals surface area contributed by atoms with Crippen LogP contribution in [0.1, 0.15) is 40.5 Å². The molecule has 2 aliphatic carbocycles. The summed E-state index contributed by atoms with van der Waals surface area (Å²) in [5.41, 5.74) is 0.372. The zero-order valence-electron chi connectivity index (χ0n) is 11.5. The number of fused-ring (bicyclic) bond motifs is 1. The smallest absolute Gasteiger partial charge is 0.173 e. The zero-order chi connectivity index (χ0) is 14.1. The molecule has 1 unspecified atom stereocenters. The summed E-state index contributed by atoms with van der Waals surface area (Å²) in [4.78, 5) is 25.7. The van der Waals surface area contributed by atoms with Crippen LogP contribution in [-0.2, 0) is 4.74 Å². The van der Waals surface area contributed by atoms with Gasteiger partial charge in [0, 0.05) is 11.5 Å². The number of benzene rings is 1. The summed E-state index contributed by atoms with van der Waals surface area (Å²) in [5, 5.41) is 0. The first-order valence-electron chi connectivity index (χ1n) is 7.01. The van der Waals surface area contributed by atoms with E-state index < -0.39 is 5.41 Å². The normalized spacial score (nSPS) is 37.8. The standard InChI is InChI=1S/C16H16O4/c1-8-7-16-10(6-12(16)20-8)14(17)13-9(15(16)18)4-3-5-11(13)19-2/h3-5,8,10,12H,6-7H2,1-2H3/t8-,10+,12-,16?/m1/s1. The molecule has 104 valence electrons. The molecule has 0 aromatic heterocycles. The molecular formula is C16H16O4. The van der Waals surface area contributed by atoms with Crippen LogP contribution < -0.4 is 4.74 Å². The molecule has 0 bridgehead atoms. The van der Waals surface area contributed by atoms with E-state index in [-0.39, 0.29) is 29.7 Å². The summed E-state index contributed by atoms with van der Waals surface area (Å²) >= 11 is 0. The highest BCUT2D eigenvalue weighted by Gasteiger charge is 2.69. The van der Waals surface area contributed by atoms with Crippen molar-refractivity contribution in [2.45, 2.75) is 32.0 Å². The average Bonchev–Trinajstić information content (AvgIpc) is 2.68. The van der Waals surface area contributed by atoms with Crippen LogP contribution in [0.3, 0.4) is 0 Å². The minimum absolute atomic E-state index is 0.0472. The largest absolute Gasteiger partial charge is 0.496 e. The number of rotatable bonds is 1. The maximum absolute atomic E-state index is 13.0. The van der Waals surface area contributed by atoms with Crippen molar-refractivity contribution in [3.05, 3.63) is 29.3 Å². The van der Waals surface area contributed by atoms with Crippen LogP contribution in [-0.4, -0.2) is 30.9 Å². The Balaban J connectivity index is 1.92. The van der Waals surface area contributed by atoms with E-state index in [1.165, 1.54) is 7.11 Å². The van der Waals surface area contributed by atoms with Gasteiger partial charge in [-0.2, -0.15) is 0 Å². The molecule has 1 saturated carbocycles. The molecule has 1 aliphatic heterocycles. The van der Waals surface area contributed by atoms with Crippen LogP contribution >= 0.6 is 0 Å². The molecule has 3 aliphatic rings. The topological polar surface area (TPSA) is 52.6 Å². The van der Waals surface area contributed by atoms with Crippen LogP contribution in [0.4, 0.5) is 0 Å². The second-order valence-electron chi connectivity index (χ2n) is 6.04. The molecule has 2 fully saturated rings. The third kappa shape index (κ3) is 1.17. The molecule has 0 amide bonds. The Kier molecular flexibility index (Phi) is 2.24. The Morgan fingerprint density at radius 3 is 2.85 bits per heavy atom. The number of methoxy groups -OCH3 is 1. The van der Waals surface area contributed by atoms with Gasteiger partial charge in [0.2, 0.25) is 0 Å². The molecule has 4 atom stereocenters. The Hall–Kier alpha value is -1.68. The maximum atomic E-state index is 13.0. The summed E-state index contributed by atoms with van der Waals surface area (Å²) < 4.78 is 11.1. The lowest BCUT2D eigenvalue weighted by molar-refractivity contribution is -0.0654. The first-order chi connectivity index (χ1) is 9.59. The van der Waals surface area contributed by atoms with E-state index in [2.05, 4.69) is 0 Å². The molecule has 0 N–H and O–H groups in total. The van der Waals surface area contributed by atoms with Crippen LogP contribution in [0.15, 0.2) is 18.2 Å². The lowest BCUT2D eigenvalue weighted by atomic mass is 9.49. The molecular weight excluding hydrogens is 256 g/mol. The summed E-state index contributed by atoms with van der Waals surface area (Å²) in [6, 6.07) is 5.25. The van der Waals surface area contributed by atoms with Gasteiger partial charge in [0.15, 0.2) is 11.6 Å². The van der Waals surface area contributed by atoms with Crippen LogP contribution in [0.5, 0.6) is 5.75 Å². The van der Waals surface area contributed by atoms with E-state index >= 15 is 0 Å². The predicted octanol–water partition coefficient (Wildman–Crippen LogP) is 2.26. The summed E-state index contributed by atoms with van der Waals surface area (Å²) in [6.07, 6.45) is 1.28. The first-order valence-corrected chi connectivity index (χ1v) is 7.01. The maximum Gasteiger partial charge on any atom is 0.173 e. The minimum atomic E-state index is -0.601. The molecule has 1 spiro atoms. The van der Waals surface area contributed by atoms with Crippen molar-refractivity contribution >= 4 is 11.6 Å². The number of ether oxygens (including phenoxy) is 2. The Bertz CT molecular complexity index is 635. The molecule has 1 aromatic carbocycles. The number of hydrogen-bond acceptors (Lipinski definition) is 4. The second-order valence-corrected chi connectivity index (χ2v) is 6.04. The van der Waals surface area contributed by atoms with Gasteiger partial charge in [0.25, 0.3) is 0 Å². The van der Waals surface area contributed by atoms with Gasteiger partial charge in [-0.15, -0.1) is 0 Å². The van der Waals surface area contributed by atoms with Gasteiger partial charge >= 0.3 is 0 Å². The highest BCUT2D eigenvalue weighted by Crippen LogP contribution is 2.62. The molecule has 1 aromatic rings. The van der Waals surface area contributed by atoms with Gasteiger partial charge in [-0.05, 0) is 25.8 Å². The Labute approximate surface area is 117 Å². The number of Topliss-reactive ketones (excluding diaryl/α,β-unsaturated/α-hetero) is 2. The van der Waals surface area contributed by atoms with E-state index in [0.29, 0.717) is 29.7 Å². The lowest BCUT2D eigenvalue weighted by Gasteiger charge is -2.51. The van der Waals surface area contributed by atoms with E-state index in [9.17, 15) is 9.59 Å². The minimum Gasteiger partial charge on any atom is -0.496 e. The van der Waals surface area contributed by atoms with E-state index in [0.717, 1.165) is 0 Å². The van der Waals surface area contributed by atoms with Crippen LogP contribution in [0, 0.1) is 11.3 Å². The fourth-order valence-electron chi connectivity index (χ4n) is 4.26. The third-order valence-corrected chi connectivity index (χ3v) is 5.14. The van der Waals surface area contributed by atoms with E-state index in [4.69, 9.17) is 9.47 Å². The molecule has 4 rings (SSSR count). The number of carbonyl (C=O) groups is 2. The molecule has 4 nitrogen and oxygen atoms in total. The summed E-state index contributed by atoms with van der Waals surface area (Å²) in [7, 11) is 1.53. The van der Waals surface area contributed by atoms with Gasteiger partial charge in [-0.25, -0.2) is 0 Å².